The Hall–Kier alpha value is -2.96. The highest BCUT2D eigenvalue weighted by Crippen LogP contribution is 2.72. The van der Waals surface area contributed by atoms with E-state index < -0.39 is 6.89 Å². The third kappa shape index (κ3) is 6.57. The molecule has 3 aliphatic rings. The quantitative estimate of drug-likeness (QED) is 0.169. The van der Waals surface area contributed by atoms with E-state index in [0.29, 0.717) is 17.7 Å². The molecule has 1 aromatic heterocycles. The van der Waals surface area contributed by atoms with Crippen molar-refractivity contribution in [3.8, 4) is 0 Å². The van der Waals surface area contributed by atoms with Gasteiger partial charge in [0.2, 0.25) is 0 Å². The van der Waals surface area contributed by atoms with Crippen LogP contribution in [0.1, 0.15) is 133 Å². The molecule has 3 aliphatic carbocycles. The van der Waals surface area contributed by atoms with Gasteiger partial charge in [-0.3, -0.25) is 0 Å². The highest BCUT2D eigenvalue weighted by molar-refractivity contribution is 7.70. The molecule has 0 N–H and O–H groups in total. The third-order valence-corrected chi connectivity index (χ3v) is 18.5. The molecule has 0 bridgehead atoms. The molecule has 248 valence electrons. The summed E-state index contributed by atoms with van der Waals surface area (Å²) < 4.78 is 5.67. The zero-order chi connectivity index (χ0) is 32.1. The second kappa shape index (κ2) is 15.1. The van der Waals surface area contributed by atoms with Crippen molar-refractivity contribution in [2.45, 2.75) is 133 Å². The molecule has 3 aromatic carbocycles. The Morgan fingerprint density at radius 2 is 1.00 bits per heavy atom. The van der Waals surface area contributed by atoms with Crippen LogP contribution in [0.5, 0.6) is 0 Å². The second-order valence-corrected chi connectivity index (χ2v) is 19.0. The predicted molar refractivity (Wildman–Crippen MR) is 204 cm³/mol. The van der Waals surface area contributed by atoms with Crippen molar-refractivity contribution in [2.24, 2.45) is 0 Å². The normalized spacial score (nSPS) is 22.3. The Labute approximate surface area is 284 Å². The summed E-state index contributed by atoms with van der Waals surface area (Å²) in [5.74, 6) is 0. The van der Waals surface area contributed by atoms with E-state index in [9.17, 15) is 0 Å². The SMILES string of the molecule is CC(c1ccccc1)n1ccn(C(C)c2ccccc2)c1=P(C1CCCCC1)(C1CCCCC1)C1CCCCC1=Cc1ccccc1. The lowest BCUT2D eigenvalue weighted by Crippen LogP contribution is -2.35. The number of aromatic nitrogens is 2. The van der Waals surface area contributed by atoms with E-state index in [1.54, 1.807) is 10.8 Å². The fraction of sp³-hybridized carbons (Fsp3) is 0.477. The predicted octanol–water partition coefficient (Wildman–Crippen LogP) is 12.7. The topological polar surface area (TPSA) is 9.86 Å². The van der Waals surface area contributed by atoms with Gasteiger partial charge < -0.3 is 9.13 Å². The van der Waals surface area contributed by atoms with Gasteiger partial charge in [0.1, 0.15) is 5.20 Å². The molecule has 2 nitrogen and oxygen atoms in total. The maximum Gasteiger partial charge on any atom is 0.109 e. The number of allylic oxidation sites excluding steroid dienone is 1. The lowest BCUT2D eigenvalue weighted by atomic mass is 9.92. The van der Waals surface area contributed by atoms with E-state index in [2.05, 4.69) is 132 Å². The van der Waals surface area contributed by atoms with Gasteiger partial charge in [0.05, 0.1) is 12.1 Å². The van der Waals surface area contributed by atoms with E-state index in [0.717, 1.165) is 11.3 Å². The Morgan fingerprint density at radius 1 is 0.553 bits per heavy atom. The fourth-order valence-electron chi connectivity index (χ4n) is 9.93. The van der Waals surface area contributed by atoms with Crippen LogP contribution in [-0.4, -0.2) is 26.1 Å². The summed E-state index contributed by atoms with van der Waals surface area (Å²) in [4.78, 5) is 0. The number of rotatable bonds is 8. The molecule has 3 heteroatoms. The first kappa shape index (κ1) is 32.6. The van der Waals surface area contributed by atoms with Crippen molar-refractivity contribution in [1.29, 1.82) is 0 Å². The van der Waals surface area contributed by atoms with E-state index in [1.807, 2.05) is 0 Å². The standard InChI is InChI=1S/C44H57N2P/c1-35(38-22-10-4-11-23-38)45-32-33-46(36(2)39-24-12-5-13-25-39)44(45)47(41-27-14-6-15-28-41,42-29-16-7-17-30-42)43-31-19-18-26-40(43)34-37-20-8-3-9-21-37/h3-5,8-13,20-25,32-36,41-43H,6-7,14-19,26-31H2,1-2H3. The molecule has 3 atom stereocenters. The summed E-state index contributed by atoms with van der Waals surface area (Å²) in [7, 11) is 0. The molecule has 0 saturated heterocycles. The third-order valence-electron chi connectivity index (χ3n) is 12.2. The highest BCUT2D eigenvalue weighted by Gasteiger charge is 2.47. The van der Waals surface area contributed by atoms with Crippen molar-refractivity contribution in [3.05, 3.63) is 131 Å². The van der Waals surface area contributed by atoms with Crippen molar-refractivity contribution in [2.75, 3.05) is 0 Å². The van der Waals surface area contributed by atoms with Crippen LogP contribution in [0.25, 0.3) is 6.08 Å². The summed E-state index contributed by atoms with van der Waals surface area (Å²) >= 11 is 0. The molecule has 0 amide bonds. The first-order valence-electron chi connectivity index (χ1n) is 19.0. The van der Waals surface area contributed by atoms with Gasteiger partial charge in [-0.1, -0.05) is 154 Å². The van der Waals surface area contributed by atoms with Crippen LogP contribution in [0, 0.1) is 5.20 Å². The number of hydrogen-bond donors (Lipinski definition) is 0. The lowest BCUT2D eigenvalue weighted by molar-refractivity contribution is 0.469. The minimum Gasteiger partial charge on any atom is -0.326 e. The smallest absolute Gasteiger partial charge is 0.109 e. The average molecular weight is 645 g/mol. The molecular formula is C44H57N2P. The summed E-state index contributed by atoms with van der Waals surface area (Å²) in [6.07, 6.45) is 27.2. The zero-order valence-corrected chi connectivity index (χ0v) is 29.9. The molecule has 3 fully saturated rings. The Morgan fingerprint density at radius 3 is 1.49 bits per heavy atom. The molecule has 3 saturated carbocycles. The molecule has 4 aromatic rings. The molecule has 47 heavy (non-hydrogen) atoms. The first-order chi connectivity index (χ1) is 23.2. The van der Waals surface area contributed by atoms with E-state index >= 15 is 0 Å². The number of nitrogens with zero attached hydrogens (tertiary/aromatic N) is 2. The molecule has 0 aliphatic heterocycles. The van der Waals surface area contributed by atoms with Gasteiger partial charge in [-0.15, -0.1) is 0 Å². The molecule has 3 unspecified atom stereocenters. The van der Waals surface area contributed by atoms with Crippen molar-refractivity contribution in [3.63, 3.8) is 0 Å². The maximum atomic E-state index is 2.83. The van der Waals surface area contributed by atoms with E-state index in [1.165, 1.54) is 107 Å². The van der Waals surface area contributed by atoms with Crippen LogP contribution in [0.2, 0.25) is 0 Å². The van der Waals surface area contributed by atoms with E-state index in [-0.39, 0.29) is 0 Å². The largest absolute Gasteiger partial charge is 0.326 e. The summed E-state index contributed by atoms with van der Waals surface area (Å²) in [5, 5.41) is 1.75. The molecule has 0 spiro atoms. The van der Waals surface area contributed by atoms with Gasteiger partial charge in [0.25, 0.3) is 0 Å². The number of imidazole rings is 1. The van der Waals surface area contributed by atoms with Gasteiger partial charge in [0, 0.05) is 18.1 Å². The highest BCUT2D eigenvalue weighted by atomic mass is 31.2. The maximum absolute atomic E-state index is 2.83. The number of benzene rings is 3. The van der Waals surface area contributed by atoms with Gasteiger partial charge in [-0.2, -0.15) is 0 Å². The average Bonchev–Trinajstić information content (AvgIpc) is 3.59. The van der Waals surface area contributed by atoms with Crippen LogP contribution in [0.3, 0.4) is 0 Å². The minimum absolute atomic E-state index is 0.298. The Balaban J connectivity index is 1.61. The van der Waals surface area contributed by atoms with Crippen LogP contribution in [0.4, 0.5) is 0 Å². The summed E-state index contributed by atoms with van der Waals surface area (Å²) in [6.45, 7) is 3.17. The Kier molecular flexibility index (Phi) is 10.4. The zero-order valence-electron chi connectivity index (χ0n) is 29.0. The summed E-state index contributed by atoms with van der Waals surface area (Å²) in [5.41, 5.74) is 8.34. The van der Waals surface area contributed by atoms with Gasteiger partial charge in [0.15, 0.2) is 0 Å². The van der Waals surface area contributed by atoms with Crippen molar-refractivity contribution < 1.29 is 0 Å². The van der Waals surface area contributed by atoms with Crippen LogP contribution in [-0.2, 0) is 0 Å². The molecule has 0 radical (unpaired) electrons. The van der Waals surface area contributed by atoms with Crippen LogP contribution in [0.15, 0.2) is 109 Å². The molecule has 1 heterocycles. The molecular weight excluding hydrogens is 587 g/mol. The first-order valence-corrected chi connectivity index (χ1v) is 21.0. The summed E-state index contributed by atoms with van der Waals surface area (Å²) in [6, 6.07) is 34.7. The van der Waals surface area contributed by atoms with Crippen molar-refractivity contribution in [1.82, 2.24) is 9.13 Å². The lowest BCUT2D eigenvalue weighted by Gasteiger charge is -2.51. The van der Waals surface area contributed by atoms with Gasteiger partial charge in [-0.25, -0.2) is 0 Å². The fourth-order valence-corrected chi connectivity index (χ4v) is 17.6. The Bertz CT molecular complexity index is 1600. The second-order valence-electron chi connectivity index (χ2n) is 14.9. The molecule has 7 rings (SSSR count). The number of hydrogen-bond acceptors (Lipinski definition) is 0. The van der Waals surface area contributed by atoms with Crippen molar-refractivity contribution >= 4 is 13.0 Å². The van der Waals surface area contributed by atoms with Gasteiger partial charge in [-0.05, 0) is 86.8 Å². The van der Waals surface area contributed by atoms with Gasteiger partial charge >= 0.3 is 0 Å². The van der Waals surface area contributed by atoms with E-state index in [4.69, 9.17) is 0 Å². The van der Waals surface area contributed by atoms with Crippen LogP contribution < -0.4 is 0 Å². The minimum atomic E-state index is -1.79. The monoisotopic (exact) mass is 644 g/mol. The van der Waals surface area contributed by atoms with Crippen LogP contribution >= 0.6 is 6.89 Å².